The number of para-hydroxylation sites is 1. The Balaban J connectivity index is 1.89. The van der Waals surface area contributed by atoms with Gasteiger partial charge in [0.15, 0.2) is 0 Å². The summed E-state index contributed by atoms with van der Waals surface area (Å²) < 4.78 is 64.5. The van der Waals surface area contributed by atoms with E-state index in [9.17, 15) is 21.6 Å². The Morgan fingerprint density at radius 1 is 0.958 bits per heavy atom. The molecular weight excluding hydrogens is 341 g/mol. The number of fused-ring (bicyclic) bond motifs is 1. The minimum atomic E-state index is -4.52. The summed E-state index contributed by atoms with van der Waals surface area (Å²) in [5, 5.41) is 0.741. The van der Waals surface area contributed by atoms with Crippen molar-refractivity contribution >= 4 is 26.6 Å². The first-order valence-corrected chi connectivity index (χ1v) is 8.29. The van der Waals surface area contributed by atoms with Crippen molar-refractivity contribution < 1.29 is 21.6 Å². The topological polar surface area (TPSA) is 59.1 Å². The van der Waals surface area contributed by atoms with Crippen LogP contribution in [0.25, 0.3) is 10.9 Å². The second kappa shape index (κ2) is 5.79. The molecule has 0 fully saturated rings. The maximum atomic E-state index is 12.5. The number of pyridine rings is 1. The van der Waals surface area contributed by atoms with Crippen LogP contribution in [0.4, 0.5) is 18.9 Å². The number of nitrogens with zero attached hydrogens (tertiary/aromatic N) is 1. The van der Waals surface area contributed by atoms with Crippen molar-refractivity contribution in [2.75, 3.05) is 4.72 Å². The van der Waals surface area contributed by atoms with E-state index in [1.54, 1.807) is 30.3 Å². The molecule has 0 aliphatic rings. The monoisotopic (exact) mass is 352 g/mol. The second-order valence-corrected chi connectivity index (χ2v) is 6.73. The zero-order valence-corrected chi connectivity index (χ0v) is 12.9. The van der Waals surface area contributed by atoms with Crippen LogP contribution in [0, 0.1) is 0 Å². The van der Waals surface area contributed by atoms with Gasteiger partial charge in [-0.3, -0.25) is 9.71 Å². The molecule has 124 valence electrons. The molecule has 0 saturated heterocycles. The van der Waals surface area contributed by atoms with Gasteiger partial charge in [-0.05, 0) is 36.4 Å². The van der Waals surface area contributed by atoms with E-state index in [-0.39, 0.29) is 10.6 Å². The summed E-state index contributed by atoms with van der Waals surface area (Å²) in [5.41, 5.74) is 0.0254. The molecule has 1 heterocycles. The first-order chi connectivity index (χ1) is 11.3. The lowest BCUT2D eigenvalue weighted by atomic mass is 10.2. The van der Waals surface area contributed by atoms with Crippen LogP contribution in [0.5, 0.6) is 0 Å². The molecule has 0 aliphatic heterocycles. The molecule has 0 amide bonds. The van der Waals surface area contributed by atoms with E-state index >= 15 is 0 Å². The Morgan fingerprint density at radius 2 is 1.62 bits per heavy atom. The van der Waals surface area contributed by atoms with E-state index in [2.05, 4.69) is 9.71 Å². The number of aromatic nitrogens is 1. The molecule has 0 spiro atoms. The van der Waals surface area contributed by atoms with Gasteiger partial charge in [-0.2, -0.15) is 13.2 Å². The maximum absolute atomic E-state index is 12.5. The van der Waals surface area contributed by atoms with Crippen molar-refractivity contribution in [3.8, 4) is 0 Å². The first kappa shape index (κ1) is 16.3. The van der Waals surface area contributed by atoms with Crippen LogP contribution in [0.1, 0.15) is 5.56 Å². The number of nitrogens with one attached hydrogen (secondary N) is 1. The second-order valence-electron chi connectivity index (χ2n) is 5.04. The number of halogens is 3. The highest BCUT2D eigenvalue weighted by atomic mass is 32.2. The summed E-state index contributed by atoms with van der Waals surface area (Å²) in [6, 6.07) is 12.0. The highest BCUT2D eigenvalue weighted by molar-refractivity contribution is 7.92. The van der Waals surface area contributed by atoms with Gasteiger partial charge in [-0.1, -0.05) is 18.2 Å². The molecular formula is C16H11F3N2O2S. The Bertz CT molecular complexity index is 984. The van der Waals surface area contributed by atoms with Crippen LogP contribution < -0.4 is 4.72 Å². The molecule has 0 unspecified atom stereocenters. The minimum Gasteiger partial charge on any atom is -0.278 e. The molecule has 3 aromatic rings. The lowest BCUT2D eigenvalue weighted by molar-refractivity contribution is -0.137. The zero-order chi connectivity index (χ0) is 17.4. The SMILES string of the molecule is O=S(=O)(Nc1cnc2ccccc2c1)c1ccc(C(F)(F)F)cc1. The Kier molecular flexibility index (Phi) is 3.92. The molecule has 8 heteroatoms. The zero-order valence-electron chi connectivity index (χ0n) is 12.1. The van der Waals surface area contributed by atoms with E-state index < -0.39 is 21.8 Å². The van der Waals surface area contributed by atoms with Gasteiger partial charge < -0.3 is 0 Å². The lowest BCUT2D eigenvalue weighted by Crippen LogP contribution is -2.14. The fourth-order valence-corrected chi connectivity index (χ4v) is 3.20. The average Bonchev–Trinajstić information content (AvgIpc) is 2.54. The Hall–Kier alpha value is -2.61. The standard InChI is InChI=1S/C16H11F3N2O2S/c17-16(18,19)12-5-7-14(8-6-12)24(22,23)21-13-9-11-3-1-2-4-15(11)20-10-13/h1-10,21H. The van der Waals surface area contributed by atoms with E-state index in [0.717, 1.165) is 29.7 Å². The van der Waals surface area contributed by atoms with Crippen LogP contribution in [-0.2, 0) is 16.2 Å². The fourth-order valence-electron chi connectivity index (χ4n) is 2.16. The van der Waals surface area contributed by atoms with Crippen molar-refractivity contribution in [1.29, 1.82) is 0 Å². The highest BCUT2D eigenvalue weighted by Crippen LogP contribution is 2.30. The highest BCUT2D eigenvalue weighted by Gasteiger charge is 2.30. The number of anilines is 1. The van der Waals surface area contributed by atoms with Gasteiger partial charge in [0, 0.05) is 5.39 Å². The van der Waals surface area contributed by atoms with Crippen molar-refractivity contribution in [1.82, 2.24) is 4.98 Å². The van der Waals surface area contributed by atoms with Gasteiger partial charge in [-0.25, -0.2) is 8.42 Å². The summed E-state index contributed by atoms with van der Waals surface area (Å²) in [4.78, 5) is 3.87. The van der Waals surface area contributed by atoms with Gasteiger partial charge in [0.05, 0.1) is 27.9 Å². The number of benzene rings is 2. The minimum absolute atomic E-state index is 0.230. The third-order valence-electron chi connectivity index (χ3n) is 3.33. The summed E-state index contributed by atoms with van der Waals surface area (Å²) in [6.07, 6.45) is -3.16. The quantitative estimate of drug-likeness (QED) is 0.773. The van der Waals surface area contributed by atoms with E-state index in [1.165, 1.54) is 6.20 Å². The smallest absolute Gasteiger partial charge is 0.278 e. The molecule has 0 bridgehead atoms. The first-order valence-electron chi connectivity index (χ1n) is 6.81. The van der Waals surface area contributed by atoms with Crippen molar-refractivity contribution in [2.45, 2.75) is 11.1 Å². The summed E-state index contributed by atoms with van der Waals surface area (Å²) in [5.74, 6) is 0. The maximum Gasteiger partial charge on any atom is 0.416 e. The summed E-state index contributed by atoms with van der Waals surface area (Å²) in [6.45, 7) is 0. The number of hydrogen-bond acceptors (Lipinski definition) is 3. The molecule has 24 heavy (non-hydrogen) atoms. The third-order valence-corrected chi connectivity index (χ3v) is 4.73. The Labute approximate surface area is 136 Å². The van der Waals surface area contributed by atoms with Crippen molar-refractivity contribution in [3.63, 3.8) is 0 Å². The molecule has 0 radical (unpaired) electrons. The predicted octanol–water partition coefficient (Wildman–Crippen LogP) is 4.05. The van der Waals surface area contributed by atoms with Crippen molar-refractivity contribution in [3.05, 3.63) is 66.4 Å². The molecule has 1 N–H and O–H groups in total. The molecule has 0 saturated carbocycles. The van der Waals surface area contributed by atoms with Crippen molar-refractivity contribution in [2.24, 2.45) is 0 Å². The van der Waals surface area contributed by atoms with Gasteiger partial charge in [-0.15, -0.1) is 0 Å². The van der Waals surface area contributed by atoms with Gasteiger partial charge >= 0.3 is 6.18 Å². The number of alkyl halides is 3. The molecule has 0 aliphatic carbocycles. The van der Waals surface area contributed by atoms with Crippen LogP contribution >= 0.6 is 0 Å². The fraction of sp³-hybridized carbons (Fsp3) is 0.0625. The van der Waals surface area contributed by atoms with Crippen LogP contribution in [-0.4, -0.2) is 13.4 Å². The van der Waals surface area contributed by atoms with E-state index in [4.69, 9.17) is 0 Å². The summed E-state index contributed by atoms with van der Waals surface area (Å²) >= 11 is 0. The van der Waals surface area contributed by atoms with Crippen LogP contribution in [0.15, 0.2) is 65.7 Å². The summed E-state index contributed by atoms with van der Waals surface area (Å²) in [7, 11) is -4.00. The van der Waals surface area contributed by atoms with E-state index in [1.807, 2.05) is 0 Å². The predicted molar refractivity (Wildman–Crippen MR) is 84.0 cm³/mol. The molecule has 2 aromatic carbocycles. The molecule has 4 nitrogen and oxygen atoms in total. The number of sulfonamides is 1. The van der Waals surface area contributed by atoms with Crippen LogP contribution in [0.2, 0.25) is 0 Å². The van der Waals surface area contributed by atoms with Gasteiger partial charge in [0.25, 0.3) is 10.0 Å². The largest absolute Gasteiger partial charge is 0.416 e. The molecule has 3 rings (SSSR count). The van der Waals surface area contributed by atoms with Gasteiger partial charge in [0.1, 0.15) is 0 Å². The normalized spacial score (nSPS) is 12.3. The third kappa shape index (κ3) is 3.33. The van der Waals surface area contributed by atoms with E-state index in [0.29, 0.717) is 5.52 Å². The van der Waals surface area contributed by atoms with Crippen LogP contribution in [0.3, 0.4) is 0 Å². The molecule has 0 atom stereocenters. The lowest BCUT2D eigenvalue weighted by Gasteiger charge is -2.10. The number of hydrogen-bond donors (Lipinski definition) is 1. The average molecular weight is 352 g/mol. The van der Waals surface area contributed by atoms with Gasteiger partial charge in [0.2, 0.25) is 0 Å². The number of rotatable bonds is 3. The molecule has 1 aromatic heterocycles. The Morgan fingerprint density at radius 3 is 2.29 bits per heavy atom.